The topological polar surface area (TPSA) is 12.0 Å². The van der Waals surface area contributed by atoms with Crippen molar-refractivity contribution in [2.45, 2.75) is 0 Å². The van der Waals surface area contributed by atoms with Gasteiger partial charge in [0.2, 0.25) is 0 Å². The van der Waals surface area contributed by atoms with Crippen molar-refractivity contribution in [1.82, 2.24) is 0 Å². The smallest absolute Gasteiger partial charge is 0.268 e. The number of rotatable bonds is 3. The molecule has 0 amide bonds. The Bertz CT molecular complexity index is 308. The normalized spacial score (nSPS) is 9.46. The fourth-order valence-corrected chi connectivity index (χ4v) is 1.27. The van der Waals surface area contributed by atoms with Gasteiger partial charge in [-0.2, -0.15) is 8.78 Å². The van der Waals surface area contributed by atoms with Gasteiger partial charge in [-0.1, -0.05) is 12.1 Å². The van der Waals surface area contributed by atoms with Crippen LogP contribution in [-0.4, -0.2) is 6.54 Å². The van der Waals surface area contributed by atoms with Crippen LogP contribution in [0.4, 0.5) is 14.5 Å². The first-order valence-corrected chi connectivity index (χ1v) is 4.49. The Morgan fingerprint density at radius 1 is 1.38 bits per heavy atom. The third-order valence-electron chi connectivity index (χ3n) is 1.42. The molecule has 1 rings (SSSR count). The molecule has 1 N–H and O–H groups in total. The van der Waals surface area contributed by atoms with Crippen molar-refractivity contribution in [2.24, 2.45) is 0 Å². The number of para-hydroxylation sites is 1. The molecule has 0 aliphatic rings. The first-order chi connectivity index (χ1) is 6.20. The molecule has 0 saturated heterocycles. The van der Waals surface area contributed by atoms with Gasteiger partial charge < -0.3 is 5.32 Å². The average Bonchev–Trinajstić information content (AvgIpc) is 2.08. The zero-order valence-electron chi connectivity index (χ0n) is 6.73. The number of anilines is 1. The molecule has 0 bridgehead atoms. The van der Waals surface area contributed by atoms with Gasteiger partial charge in [0.05, 0.1) is 0 Å². The molecule has 0 heterocycles. The zero-order chi connectivity index (χ0) is 9.68. The Morgan fingerprint density at radius 2 is 2.08 bits per heavy atom. The summed E-state index contributed by atoms with van der Waals surface area (Å²) in [7, 11) is 0. The number of hydrogen-bond acceptors (Lipinski definition) is 1. The molecule has 1 nitrogen and oxygen atoms in total. The van der Waals surface area contributed by atoms with Crippen LogP contribution in [-0.2, 0) is 0 Å². The van der Waals surface area contributed by atoms with Gasteiger partial charge in [-0.15, -0.1) is 0 Å². The molecule has 0 aliphatic carbocycles. The molecule has 0 saturated carbocycles. The third kappa shape index (κ3) is 3.55. The predicted octanol–water partition coefficient (Wildman–Crippen LogP) is 3.64. The van der Waals surface area contributed by atoms with Gasteiger partial charge in [0.15, 0.2) is 0 Å². The molecule has 0 radical (unpaired) electrons. The van der Waals surface area contributed by atoms with E-state index in [1.165, 1.54) is 0 Å². The van der Waals surface area contributed by atoms with E-state index < -0.39 is 6.08 Å². The highest BCUT2D eigenvalue weighted by Gasteiger charge is 1.95. The summed E-state index contributed by atoms with van der Waals surface area (Å²) < 4.78 is 24.2. The summed E-state index contributed by atoms with van der Waals surface area (Å²) in [5, 5.41) is 2.84. The monoisotopic (exact) mass is 247 g/mol. The number of halogens is 3. The van der Waals surface area contributed by atoms with Crippen LogP contribution in [0.3, 0.4) is 0 Å². The fourth-order valence-electron chi connectivity index (χ4n) is 0.843. The molecule has 70 valence electrons. The lowest BCUT2D eigenvalue weighted by atomic mass is 10.3. The van der Waals surface area contributed by atoms with Gasteiger partial charge in [-0.05, 0) is 28.1 Å². The minimum Gasteiger partial charge on any atom is -0.380 e. The van der Waals surface area contributed by atoms with E-state index in [4.69, 9.17) is 0 Å². The molecule has 0 spiro atoms. The van der Waals surface area contributed by atoms with Crippen LogP contribution >= 0.6 is 15.9 Å². The van der Waals surface area contributed by atoms with Crippen LogP contribution in [0, 0.1) is 0 Å². The predicted molar refractivity (Wildman–Crippen MR) is 52.9 cm³/mol. The highest BCUT2D eigenvalue weighted by Crippen LogP contribution is 2.20. The Balaban J connectivity index is 2.55. The fraction of sp³-hybridized carbons (Fsp3) is 0.111. The highest BCUT2D eigenvalue weighted by molar-refractivity contribution is 9.10. The molecule has 1 aromatic carbocycles. The van der Waals surface area contributed by atoms with Crippen molar-refractivity contribution in [3.8, 4) is 0 Å². The summed E-state index contributed by atoms with van der Waals surface area (Å²) in [4.78, 5) is 0. The minimum absolute atomic E-state index is 0.130. The van der Waals surface area contributed by atoms with E-state index in [2.05, 4.69) is 21.2 Å². The molecule has 0 atom stereocenters. The summed E-state index contributed by atoms with van der Waals surface area (Å²) in [6.45, 7) is 0.130. The van der Waals surface area contributed by atoms with Crippen LogP contribution in [0.5, 0.6) is 0 Å². The highest BCUT2D eigenvalue weighted by atomic mass is 79.9. The summed E-state index contributed by atoms with van der Waals surface area (Å²) in [5.41, 5.74) is 0.806. The summed E-state index contributed by atoms with van der Waals surface area (Å²) in [6.07, 6.45) is -0.834. The van der Waals surface area contributed by atoms with Gasteiger partial charge in [-0.3, -0.25) is 0 Å². The molecule has 1 aromatic rings. The van der Waals surface area contributed by atoms with E-state index in [1.807, 2.05) is 24.3 Å². The van der Waals surface area contributed by atoms with Crippen molar-refractivity contribution >= 4 is 21.6 Å². The lowest BCUT2D eigenvalue weighted by Crippen LogP contribution is -1.98. The third-order valence-corrected chi connectivity index (χ3v) is 2.11. The average molecular weight is 248 g/mol. The van der Waals surface area contributed by atoms with Crippen molar-refractivity contribution < 1.29 is 8.78 Å². The number of nitrogens with one attached hydrogen (secondary N) is 1. The van der Waals surface area contributed by atoms with E-state index in [9.17, 15) is 8.78 Å². The summed E-state index contributed by atoms with van der Waals surface area (Å²) >= 11 is 3.29. The van der Waals surface area contributed by atoms with Crippen LogP contribution in [0.25, 0.3) is 0 Å². The Morgan fingerprint density at radius 3 is 2.69 bits per heavy atom. The zero-order valence-corrected chi connectivity index (χ0v) is 8.31. The van der Waals surface area contributed by atoms with Gasteiger partial charge >= 0.3 is 0 Å². The van der Waals surface area contributed by atoms with Crippen molar-refractivity contribution in [3.05, 3.63) is 40.9 Å². The maximum absolute atomic E-state index is 11.6. The van der Waals surface area contributed by atoms with Crippen LogP contribution in [0.1, 0.15) is 0 Å². The van der Waals surface area contributed by atoms with Crippen molar-refractivity contribution in [3.63, 3.8) is 0 Å². The quantitative estimate of drug-likeness (QED) is 0.860. The van der Waals surface area contributed by atoms with Crippen LogP contribution in [0.2, 0.25) is 0 Å². The first-order valence-electron chi connectivity index (χ1n) is 3.69. The van der Waals surface area contributed by atoms with Crippen molar-refractivity contribution in [1.29, 1.82) is 0 Å². The first kappa shape index (κ1) is 10.2. The summed E-state index contributed by atoms with van der Waals surface area (Å²) in [6, 6.07) is 7.36. The van der Waals surface area contributed by atoms with Crippen molar-refractivity contribution in [2.75, 3.05) is 11.9 Å². The molecule has 0 unspecified atom stereocenters. The molecule has 0 aliphatic heterocycles. The van der Waals surface area contributed by atoms with Gasteiger partial charge in [0.25, 0.3) is 6.08 Å². The second-order valence-corrected chi connectivity index (χ2v) is 3.21. The second kappa shape index (κ2) is 4.97. The lowest BCUT2D eigenvalue weighted by molar-refractivity contribution is 0.419. The van der Waals surface area contributed by atoms with Gasteiger partial charge in [-0.25, -0.2) is 0 Å². The van der Waals surface area contributed by atoms with Crippen LogP contribution < -0.4 is 5.32 Å². The lowest BCUT2D eigenvalue weighted by Gasteiger charge is -2.04. The van der Waals surface area contributed by atoms with Gasteiger partial charge in [0.1, 0.15) is 0 Å². The maximum atomic E-state index is 11.6. The Hall–Kier alpha value is -0.900. The molecule has 0 aromatic heterocycles. The van der Waals surface area contributed by atoms with E-state index in [-0.39, 0.29) is 6.54 Å². The van der Waals surface area contributed by atoms with Crippen LogP contribution in [0.15, 0.2) is 40.9 Å². The van der Waals surface area contributed by atoms with Gasteiger partial charge in [0, 0.05) is 22.8 Å². The molecular formula is C9H8BrF2N. The number of benzene rings is 1. The second-order valence-electron chi connectivity index (χ2n) is 2.35. The number of hydrogen-bond donors (Lipinski definition) is 1. The summed E-state index contributed by atoms with van der Waals surface area (Å²) in [5.74, 6) is 0. The molecule has 0 fully saturated rings. The minimum atomic E-state index is -1.67. The Labute approximate surface area is 83.6 Å². The van der Waals surface area contributed by atoms with E-state index in [0.29, 0.717) is 0 Å². The van der Waals surface area contributed by atoms with E-state index in [0.717, 1.165) is 16.2 Å². The van der Waals surface area contributed by atoms with E-state index >= 15 is 0 Å². The SMILES string of the molecule is FC(F)=CCNc1ccccc1Br. The molecular weight excluding hydrogens is 240 g/mol. The Kier molecular flexibility index (Phi) is 3.89. The standard InChI is InChI=1S/C9H8BrF2N/c10-7-3-1-2-4-8(7)13-6-5-9(11)12/h1-5,13H,6H2. The maximum Gasteiger partial charge on any atom is 0.268 e. The molecule has 13 heavy (non-hydrogen) atoms. The largest absolute Gasteiger partial charge is 0.380 e. The molecule has 4 heteroatoms. The van der Waals surface area contributed by atoms with E-state index in [1.54, 1.807) is 0 Å².